The molecule has 0 aliphatic rings. The highest BCUT2D eigenvalue weighted by molar-refractivity contribution is 9.10. The lowest BCUT2D eigenvalue weighted by Gasteiger charge is -2.08. The summed E-state index contributed by atoms with van der Waals surface area (Å²) in [6, 6.07) is 7.38. The van der Waals surface area contributed by atoms with E-state index < -0.39 is 0 Å². The van der Waals surface area contributed by atoms with Gasteiger partial charge in [0, 0.05) is 40.8 Å². The zero-order chi connectivity index (χ0) is 18.8. The first-order chi connectivity index (χ1) is 12.5. The lowest BCUT2D eigenvalue weighted by molar-refractivity contribution is 0.103. The number of nitrogens with zero attached hydrogens (tertiary/aromatic N) is 3. The molecule has 0 spiro atoms. The van der Waals surface area contributed by atoms with Crippen LogP contribution in [0.15, 0.2) is 33.2 Å². The molecule has 0 aliphatic carbocycles. The van der Waals surface area contributed by atoms with E-state index >= 15 is 0 Å². The minimum atomic E-state index is -0.0337. The molecular weight excluding hydrogens is 396 g/mol. The van der Waals surface area contributed by atoms with Crippen molar-refractivity contribution in [3.05, 3.63) is 57.0 Å². The Morgan fingerprint density at radius 2 is 2.08 bits per heavy atom. The molecule has 1 aromatic carbocycles. The lowest BCUT2D eigenvalue weighted by atomic mass is 10.00. The van der Waals surface area contributed by atoms with Gasteiger partial charge in [-0.25, -0.2) is 0 Å². The molecule has 2 N–H and O–H groups in total. The van der Waals surface area contributed by atoms with Gasteiger partial charge in [0.2, 0.25) is 5.89 Å². The number of aryl methyl sites for hydroxylation is 1. The highest BCUT2D eigenvalue weighted by Gasteiger charge is 2.26. The molecule has 3 aromatic rings. The maximum atomic E-state index is 13.2. The number of aromatic nitrogens is 3. The molecule has 0 amide bonds. The molecule has 0 atom stereocenters. The van der Waals surface area contributed by atoms with E-state index in [1.54, 1.807) is 0 Å². The molecule has 0 unspecified atom stereocenters. The van der Waals surface area contributed by atoms with Gasteiger partial charge in [0.25, 0.3) is 5.89 Å². The zero-order valence-corrected chi connectivity index (χ0v) is 16.6. The first-order valence-corrected chi connectivity index (χ1v) is 9.30. The van der Waals surface area contributed by atoms with Crippen LogP contribution >= 0.6 is 15.9 Å². The van der Waals surface area contributed by atoms with Gasteiger partial charge in [-0.2, -0.15) is 0 Å². The fraction of sp³-hybridized carbons (Fsp3) is 0.316. The molecule has 0 bridgehead atoms. The Morgan fingerprint density at radius 1 is 1.31 bits per heavy atom. The van der Waals surface area contributed by atoms with E-state index in [-0.39, 0.29) is 5.78 Å². The van der Waals surface area contributed by atoms with Crippen LogP contribution in [0.25, 0.3) is 11.6 Å². The van der Waals surface area contributed by atoms with Gasteiger partial charge in [-0.3, -0.25) is 4.79 Å². The maximum absolute atomic E-state index is 13.2. The van der Waals surface area contributed by atoms with Crippen LogP contribution in [0.3, 0.4) is 0 Å². The maximum Gasteiger partial charge on any atom is 0.264 e. The third kappa shape index (κ3) is 3.24. The van der Waals surface area contributed by atoms with Gasteiger partial charge in [0.05, 0.1) is 0 Å². The van der Waals surface area contributed by atoms with E-state index in [0.717, 1.165) is 21.4 Å². The smallest absolute Gasteiger partial charge is 0.264 e. The molecule has 3 rings (SSSR count). The predicted octanol–water partition coefficient (Wildman–Crippen LogP) is 3.67. The number of hydrogen-bond acceptors (Lipinski definition) is 5. The van der Waals surface area contributed by atoms with Crippen LogP contribution in [0.5, 0.6) is 0 Å². The highest BCUT2D eigenvalue weighted by Crippen LogP contribution is 2.32. The molecule has 0 saturated heterocycles. The van der Waals surface area contributed by atoms with Crippen LogP contribution in [-0.2, 0) is 13.0 Å². The Labute approximate surface area is 160 Å². The van der Waals surface area contributed by atoms with Crippen molar-refractivity contribution in [2.45, 2.75) is 33.7 Å². The zero-order valence-electron chi connectivity index (χ0n) is 15.0. The second kappa shape index (κ2) is 7.55. The molecule has 2 aromatic heterocycles. The van der Waals surface area contributed by atoms with Crippen molar-refractivity contribution >= 4 is 21.7 Å². The highest BCUT2D eigenvalue weighted by atomic mass is 79.9. The van der Waals surface area contributed by atoms with Gasteiger partial charge >= 0.3 is 0 Å². The Kier molecular flexibility index (Phi) is 5.38. The van der Waals surface area contributed by atoms with Crippen LogP contribution in [0.2, 0.25) is 0 Å². The van der Waals surface area contributed by atoms with Gasteiger partial charge in [-0.05, 0) is 31.5 Å². The van der Waals surface area contributed by atoms with Gasteiger partial charge in [-0.15, -0.1) is 10.2 Å². The van der Waals surface area contributed by atoms with E-state index in [9.17, 15) is 4.79 Å². The summed E-state index contributed by atoms with van der Waals surface area (Å²) in [4.78, 5) is 13.2. The number of hydrogen-bond donors (Lipinski definition) is 1. The molecule has 136 valence electrons. The van der Waals surface area contributed by atoms with Crippen LogP contribution in [0, 0.1) is 13.8 Å². The number of carbonyl (C=O) groups is 1. The van der Waals surface area contributed by atoms with E-state index in [0.29, 0.717) is 42.4 Å². The molecule has 2 heterocycles. The number of benzene rings is 1. The predicted molar refractivity (Wildman–Crippen MR) is 103 cm³/mol. The summed E-state index contributed by atoms with van der Waals surface area (Å²) in [5, 5.41) is 8.22. The monoisotopic (exact) mass is 416 g/mol. The van der Waals surface area contributed by atoms with Crippen molar-refractivity contribution in [1.29, 1.82) is 0 Å². The number of carbonyl (C=O) groups excluding carboxylic acids is 1. The number of nitrogens with two attached hydrogens (primary N) is 1. The molecule has 0 saturated carbocycles. The summed E-state index contributed by atoms with van der Waals surface area (Å²) < 4.78 is 8.62. The van der Waals surface area contributed by atoms with Crippen molar-refractivity contribution in [1.82, 2.24) is 14.8 Å². The first-order valence-electron chi connectivity index (χ1n) is 8.50. The molecule has 0 aliphatic heterocycles. The molecule has 0 fully saturated rings. The van der Waals surface area contributed by atoms with Gasteiger partial charge in [0.1, 0.15) is 5.69 Å². The average molecular weight is 417 g/mol. The summed E-state index contributed by atoms with van der Waals surface area (Å²) in [5.41, 5.74) is 9.52. The van der Waals surface area contributed by atoms with Crippen molar-refractivity contribution in [3.8, 4) is 11.6 Å². The number of rotatable bonds is 6. The Hall–Kier alpha value is -2.25. The van der Waals surface area contributed by atoms with Gasteiger partial charge < -0.3 is 14.7 Å². The van der Waals surface area contributed by atoms with E-state index in [4.69, 9.17) is 10.2 Å². The Morgan fingerprint density at radius 3 is 2.69 bits per heavy atom. The summed E-state index contributed by atoms with van der Waals surface area (Å²) in [6.45, 7) is 6.81. The van der Waals surface area contributed by atoms with Crippen LogP contribution in [0.1, 0.15) is 40.0 Å². The van der Waals surface area contributed by atoms with Gasteiger partial charge in [0.15, 0.2) is 5.78 Å². The lowest BCUT2D eigenvalue weighted by Crippen LogP contribution is -2.13. The topological polar surface area (TPSA) is 86.9 Å². The van der Waals surface area contributed by atoms with E-state index in [1.165, 1.54) is 0 Å². The second-order valence-corrected chi connectivity index (χ2v) is 6.98. The summed E-state index contributed by atoms with van der Waals surface area (Å²) in [5.74, 6) is 0.954. The van der Waals surface area contributed by atoms with Crippen molar-refractivity contribution in [2.24, 2.45) is 5.73 Å². The number of halogens is 1. The SMILES string of the molecule is CCc1nnc(-c2c(C)c(C(=O)c3cccc(Br)c3)c(C)n2CCN)o1. The third-order valence-corrected chi connectivity index (χ3v) is 4.90. The Bertz CT molecular complexity index is 959. The standard InChI is InChI=1S/C19H21BrN4O2/c1-4-15-22-23-19(26-15)17-11(2)16(12(3)24(17)9-8-21)18(25)13-6-5-7-14(20)10-13/h5-7,10H,4,8-9,21H2,1-3H3. The molecular formula is C19H21BrN4O2. The fourth-order valence-electron chi connectivity index (χ4n) is 3.18. The summed E-state index contributed by atoms with van der Waals surface area (Å²) in [7, 11) is 0. The third-order valence-electron chi connectivity index (χ3n) is 4.41. The first kappa shape index (κ1) is 18.5. The van der Waals surface area contributed by atoms with Crippen LogP contribution in [-0.4, -0.2) is 27.1 Å². The fourth-order valence-corrected chi connectivity index (χ4v) is 3.58. The van der Waals surface area contributed by atoms with Crippen molar-refractivity contribution < 1.29 is 9.21 Å². The molecule has 26 heavy (non-hydrogen) atoms. The average Bonchev–Trinajstić information content (AvgIpc) is 3.18. The van der Waals surface area contributed by atoms with E-state index in [2.05, 4.69) is 26.1 Å². The van der Waals surface area contributed by atoms with Crippen LogP contribution in [0.4, 0.5) is 0 Å². The molecule has 0 radical (unpaired) electrons. The van der Waals surface area contributed by atoms with E-state index in [1.807, 2.05) is 49.6 Å². The van der Waals surface area contributed by atoms with Crippen molar-refractivity contribution in [3.63, 3.8) is 0 Å². The summed E-state index contributed by atoms with van der Waals surface area (Å²) >= 11 is 3.42. The second-order valence-electron chi connectivity index (χ2n) is 6.07. The largest absolute Gasteiger partial charge is 0.419 e. The van der Waals surface area contributed by atoms with Crippen molar-refractivity contribution in [2.75, 3.05) is 6.54 Å². The Balaban J connectivity index is 2.17. The minimum Gasteiger partial charge on any atom is -0.419 e. The number of ketones is 1. The quantitative estimate of drug-likeness (QED) is 0.619. The minimum absolute atomic E-state index is 0.0337. The van der Waals surface area contributed by atoms with Crippen LogP contribution < -0.4 is 5.73 Å². The molecule has 6 nitrogen and oxygen atoms in total. The van der Waals surface area contributed by atoms with Gasteiger partial charge in [-0.1, -0.05) is 35.0 Å². The summed E-state index contributed by atoms with van der Waals surface area (Å²) in [6.07, 6.45) is 0.659. The normalized spacial score (nSPS) is 11.1. The molecule has 7 heteroatoms.